The fraction of sp³-hybridized carbons (Fsp3) is 0.304. The number of fused-ring (bicyclic) bond motifs is 2. The van der Waals surface area contributed by atoms with Gasteiger partial charge in [-0.3, -0.25) is 0 Å². The molecule has 1 aliphatic rings. The van der Waals surface area contributed by atoms with Crippen LogP contribution in [-0.4, -0.2) is 44.1 Å². The molecule has 29 heavy (non-hydrogen) atoms. The molecule has 1 fully saturated rings. The summed E-state index contributed by atoms with van der Waals surface area (Å²) in [6.07, 6.45) is 2.48. The summed E-state index contributed by atoms with van der Waals surface area (Å²) in [4.78, 5) is 3.55. The topological polar surface area (TPSA) is 77.5 Å². The molecule has 1 radical (unpaired) electrons. The van der Waals surface area contributed by atoms with Crippen molar-refractivity contribution in [2.75, 3.05) is 13.2 Å². The number of nitrogens with zero attached hydrogens (tertiary/aromatic N) is 2. The van der Waals surface area contributed by atoms with E-state index in [-0.39, 0.29) is 0 Å². The molecule has 6 heteroatoms. The predicted molar refractivity (Wildman–Crippen MR) is 116 cm³/mol. The number of hydrogen-bond acceptors (Lipinski definition) is 3. The first kappa shape index (κ1) is 18.5. The van der Waals surface area contributed by atoms with Gasteiger partial charge in [-0.05, 0) is 0 Å². The Hall–Kier alpha value is -2.54. The van der Waals surface area contributed by atoms with Gasteiger partial charge in [-0.2, -0.15) is 5.26 Å². The minimum absolute atomic E-state index is 0.346. The quantitative estimate of drug-likeness (QED) is 0.440. The molecule has 0 bridgehead atoms. The van der Waals surface area contributed by atoms with Crippen molar-refractivity contribution in [1.82, 2.24) is 15.2 Å². The summed E-state index contributed by atoms with van der Waals surface area (Å²) in [6, 6.07) is 16.7. The molecule has 0 aliphatic carbocycles. The number of hydrogen-bond donors (Lipinski definition) is 2. The molecule has 0 spiro atoms. The first-order chi connectivity index (χ1) is 14.3. The average Bonchev–Trinajstić information content (AvgIpc) is 3.37. The number of nitrogens with one attached hydrogen (secondary N) is 2. The number of nitriles is 1. The van der Waals surface area contributed by atoms with Crippen molar-refractivity contribution in [3.8, 4) is 17.5 Å². The molecule has 145 valence electrons. The number of ether oxygens (including phenoxy) is 1. The van der Waals surface area contributed by atoms with Crippen LogP contribution in [-0.2, 0) is 9.95 Å². The van der Waals surface area contributed by atoms with Gasteiger partial charge >= 0.3 is 171 Å². The fourth-order valence-electron chi connectivity index (χ4n) is 4.00. The van der Waals surface area contributed by atoms with E-state index in [1.54, 1.807) is 0 Å². The van der Waals surface area contributed by atoms with Crippen LogP contribution in [0.15, 0.2) is 42.5 Å². The van der Waals surface area contributed by atoms with E-state index in [1.165, 1.54) is 34.2 Å². The molecule has 2 aromatic heterocycles. The SMILES string of the molecule is N#Cc1ccc2c(-c3cc4ccc(C[As]CC5CCOCC5)cc4[nH]3)n[nH]c2c1. The Labute approximate surface area is 176 Å². The van der Waals surface area contributed by atoms with Crippen LogP contribution in [0.2, 0.25) is 5.21 Å². The fourth-order valence-corrected chi connectivity index (χ4v) is 6.76. The van der Waals surface area contributed by atoms with Crippen molar-refractivity contribution in [3.05, 3.63) is 53.6 Å². The summed E-state index contributed by atoms with van der Waals surface area (Å²) in [5, 5.41) is 21.4. The molecule has 0 atom stereocenters. The Balaban J connectivity index is 1.35. The zero-order valence-corrected chi connectivity index (χ0v) is 18.0. The zero-order chi connectivity index (χ0) is 19.6. The van der Waals surface area contributed by atoms with Gasteiger partial charge in [-0.1, -0.05) is 0 Å². The molecule has 0 unspecified atom stereocenters. The van der Waals surface area contributed by atoms with Gasteiger partial charge in [0.2, 0.25) is 0 Å². The molecule has 0 amide bonds. The van der Waals surface area contributed by atoms with Crippen LogP contribution in [0.1, 0.15) is 24.0 Å². The summed E-state index contributed by atoms with van der Waals surface area (Å²) < 4.78 is 5.47. The van der Waals surface area contributed by atoms with Crippen molar-refractivity contribution < 1.29 is 4.74 Å². The third kappa shape index (κ3) is 3.83. The van der Waals surface area contributed by atoms with Crippen LogP contribution in [0.3, 0.4) is 0 Å². The molecular weight excluding hydrogens is 423 g/mol. The van der Waals surface area contributed by atoms with Crippen molar-refractivity contribution in [2.45, 2.75) is 23.3 Å². The van der Waals surface area contributed by atoms with Gasteiger partial charge in [-0.15, -0.1) is 0 Å². The molecule has 1 aliphatic heterocycles. The zero-order valence-electron chi connectivity index (χ0n) is 16.1. The maximum atomic E-state index is 9.08. The van der Waals surface area contributed by atoms with E-state index in [9.17, 15) is 0 Å². The Kier molecular flexibility index (Phi) is 5.14. The summed E-state index contributed by atoms with van der Waals surface area (Å²) in [6.45, 7) is 1.89. The van der Waals surface area contributed by atoms with Gasteiger partial charge in [0.15, 0.2) is 0 Å². The second-order valence-electron chi connectivity index (χ2n) is 7.67. The monoisotopic (exact) mass is 445 g/mol. The van der Waals surface area contributed by atoms with Gasteiger partial charge < -0.3 is 0 Å². The summed E-state index contributed by atoms with van der Waals surface area (Å²) in [7, 11) is 0. The average molecular weight is 445 g/mol. The Morgan fingerprint density at radius 3 is 2.86 bits per heavy atom. The number of aromatic amines is 2. The second-order valence-corrected chi connectivity index (χ2v) is 10.0. The van der Waals surface area contributed by atoms with E-state index in [1.807, 2.05) is 18.2 Å². The first-order valence-electron chi connectivity index (χ1n) is 10.0. The van der Waals surface area contributed by atoms with Gasteiger partial charge in [0, 0.05) is 0 Å². The van der Waals surface area contributed by atoms with Gasteiger partial charge in [0.25, 0.3) is 0 Å². The summed E-state index contributed by atoms with van der Waals surface area (Å²) >= 11 is 0.346. The minimum atomic E-state index is 0.346. The van der Waals surface area contributed by atoms with Gasteiger partial charge in [0.1, 0.15) is 0 Å². The van der Waals surface area contributed by atoms with Crippen LogP contribution in [0.4, 0.5) is 0 Å². The Morgan fingerprint density at radius 1 is 1.10 bits per heavy atom. The number of benzene rings is 2. The molecule has 0 saturated carbocycles. The van der Waals surface area contributed by atoms with Crippen molar-refractivity contribution in [2.24, 2.45) is 5.92 Å². The Morgan fingerprint density at radius 2 is 2.00 bits per heavy atom. The molecule has 5 nitrogen and oxygen atoms in total. The van der Waals surface area contributed by atoms with E-state index in [4.69, 9.17) is 10.00 Å². The van der Waals surface area contributed by atoms with Crippen LogP contribution < -0.4 is 0 Å². The van der Waals surface area contributed by atoms with Crippen LogP contribution in [0.5, 0.6) is 0 Å². The van der Waals surface area contributed by atoms with Crippen LogP contribution in [0.25, 0.3) is 33.2 Å². The van der Waals surface area contributed by atoms with E-state index < -0.39 is 0 Å². The summed E-state index contributed by atoms with van der Waals surface area (Å²) in [5.74, 6) is 0.874. The van der Waals surface area contributed by atoms with E-state index in [2.05, 4.69) is 45.5 Å². The number of aromatic nitrogens is 3. The second kappa shape index (κ2) is 8.06. The van der Waals surface area contributed by atoms with Crippen molar-refractivity contribution in [3.63, 3.8) is 0 Å². The van der Waals surface area contributed by atoms with Crippen LogP contribution in [0, 0.1) is 17.2 Å². The first-order valence-corrected chi connectivity index (χ1v) is 12.7. The van der Waals surface area contributed by atoms with E-state index >= 15 is 0 Å². The number of H-pyrrole nitrogens is 2. The van der Waals surface area contributed by atoms with E-state index in [0.29, 0.717) is 21.3 Å². The standard InChI is InChI=1S/C23H22AsN4O/c25-14-17-2-4-19-21(10-17)27-28-23(19)22-11-18-3-1-16(9-20(18)26-22)13-24-12-15-5-7-29-8-6-15/h1-4,9-11,15,26H,5-8,12-13H2,(H,27,28). The molecule has 2 aromatic carbocycles. The molecule has 3 heterocycles. The maximum absolute atomic E-state index is 9.08. The number of rotatable bonds is 5. The van der Waals surface area contributed by atoms with E-state index in [0.717, 1.165) is 46.9 Å². The van der Waals surface area contributed by atoms with Crippen molar-refractivity contribution >= 4 is 37.6 Å². The molecule has 2 N–H and O–H groups in total. The van der Waals surface area contributed by atoms with Gasteiger partial charge in [-0.25, -0.2) is 0 Å². The van der Waals surface area contributed by atoms with Gasteiger partial charge in [0.05, 0.1) is 0 Å². The third-order valence-corrected chi connectivity index (χ3v) is 8.52. The summed E-state index contributed by atoms with van der Waals surface area (Å²) in [5.41, 5.74) is 6.00. The molecular formula is C23H22AsN4O. The molecule has 4 aromatic rings. The normalized spacial score (nSPS) is 15.6. The predicted octanol–water partition coefficient (Wildman–Crippen LogP) is 4.63. The van der Waals surface area contributed by atoms with Crippen molar-refractivity contribution in [1.29, 1.82) is 5.26 Å². The molecule has 1 saturated heterocycles. The molecule has 5 rings (SSSR count). The third-order valence-electron chi connectivity index (χ3n) is 5.66. The Bertz CT molecular complexity index is 1200. The van der Waals surface area contributed by atoms with Crippen LogP contribution >= 0.6 is 0 Å².